The smallest absolute Gasteiger partial charge is 0.318 e. The van der Waals surface area contributed by atoms with Crippen LogP contribution in [-0.4, -0.2) is 32.4 Å². The molecule has 0 unspecified atom stereocenters. The van der Waals surface area contributed by atoms with Crippen molar-refractivity contribution in [2.75, 3.05) is 7.11 Å². The fourth-order valence-electron chi connectivity index (χ4n) is 5.50. The van der Waals surface area contributed by atoms with Crippen molar-refractivity contribution in [1.82, 2.24) is 24.6 Å². The highest BCUT2D eigenvalue weighted by molar-refractivity contribution is 5.76. The number of carbonyl (C=O) groups excluding carboxylic acids is 1. The molecule has 2 amide bonds. The van der Waals surface area contributed by atoms with Gasteiger partial charge in [0, 0.05) is 18.3 Å². The first kappa shape index (κ1) is 25.5. The minimum atomic E-state index is -0.290. The molecule has 1 aliphatic heterocycles. The highest BCUT2D eigenvalue weighted by Gasteiger charge is 2.35. The van der Waals surface area contributed by atoms with Crippen molar-refractivity contribution < 1.29 is 9.53 Å². The van der Waals surface area contributed by atoms with Crippen LogP contribution in [0.5, 0.6) is 5.75 Å². The van der Waals surface area contributed by atoms with Gasteiger partial charge in [0.2, 0.25) is 0 Å². The zero-order valence-electron chi connectivity index (χ0n) is 23.0. The molecular weight excluding hydrogens is 498 g/mol. The Hall–Kier alpha value is -4.78. The molecule has 40 heavy (non-hydrogen) atoms. The molecular formula is C33H33N5O2. The van der Waals surface area contributed by atoms with Crippen molar-refractivity contribution in [3.05, 3.63) is 131 Å². The topological polar surface area (TPSA) is 64.3 Å². The summed E-state index contributed by atoms with van der Waals surface area (Å²) in [7, 11) is 1.65. The number of benzene rings is 3. The SMILES string of the molecule is CCc1ccc([C@H]2c3cccn3-c3c(c(C)nn3-c3ccccc3)CN2C(=O)NCc2cccc(OC)c2)cc1. The summed E-state index contributed by atoms with van der Waals surface area (Å²) < 4.78 is 9.55. The maximum atomic E-state index is 14.1. The lowest BCUT2D eigenvalue weighted by Gasteiger charge is -2.31. The van der Waals surface area contributed by atoms with Gasteiger partial charge < -0.3 is 19.5 Å². The summed E-state index contributed by atoms with van der Waals surface area (Å²) in [6.07, 6.45) is 3.03. The number of carbonyl (C=O) groups is 1. The van der Waals surface area contributed by atoms with Gasteiger partial charge in [0.25, 0.3) is 0 Å². The van der Waals surface area contributed by atoms with E-state index >= 15 is 0 Å². The first-order chi connectivity index (χ1) is 19.6. The number of hydrogen-bond acceptors (Lipinski definition) is 3. The molecule has 3 aromatic carbocycles. The lowest BCUT2D eigenvalue weighted by molar-refractivity contribution is 0.180. The number of fused-ring (bicyclic) bond motifs is 3. The van der Waals surface area contributed by atoms with Crippen LogP contribution >= 0.6 is 0 Å². The molecule has 202 valence electrons. The molecule has 1 N–H and O–H groups in total. The van der Waals surface area contributed by atoms with E-state index in [0.717, 1.165) is 51.8 Å². The van der Waals surface area contributed by atoms with Gasteiger partial charge in [-0.05, 0) is 66.4 Å². The molecule has 0 spiro atoms. The maximum absolute atomic E-state index is 14.1. The lowest BCUT2D eigenvalue weighted by Crippen LogP contribution is -2.41. The summed E-state index contributed by atoms with van der Waals surface area (Å²) in [4.78, 5) is 16.0. The molecule has 7 heteroatoms. The second-order valence-electron chi connectivity index (χ2n) is 10.1. The molecule has 5 aromatic rings. The first-order valence-electron chi connectivity index (χ1n) is 13.6. The van der Waals surface area contributed by atoms with E-state index in [1.807, 2.05) is 65.0 Å². The van der Waals surface area contributed by atoms with Crippen LogP contribution in [0.25, 0.3) is 11.5 Å². The van der Waals surface area contributed by atoms with Crippen LogP contribution in [0, 0.1) is 6.92 Å². The number of aryl methyl sites for hydroxylation is 2. The highest BCUT2D eigenvalue weighted by atomic mass is 16.5. The van der Waals surface area contributed by atoms with E-state index in [2.05, 4.69) is 65.5 Å². The minimum Gasteiger partial charge on any atom is -0.497 e. The molecule has 3 heterocycles. The second-order valence-corrected chi connectivity index (χ2v) is 10.1. The number of nitrogens with zero attached hydrogens (tertiary/aromatic N) is 4. The third-order valence-corrected chi connectivity index (χ3v) is 7.63. The van der Waals surface area contributed by atoms with Crippen LogP contribution in [-0.2, 0) is 19.5 Å². The summed E-state index contributed by atoms with van der Waals surface area (Å²) in [5.41, 5.74) is 7.21. The van der Waals surface area contributed by atoms with Gasteiger partial charge in [-0.3, -0.25) is 0 Å². The Bertz CT molecular complexity index is 1640. The summed E-state index contributed by atoms with van der Waals surface area (Å²) >= 11 is 0. The Kier molecular flexibility index (Phi) is 6.86. The number of hydrogen-bond donors (Lipinski definition) is 1. The van der Waals surface area contributed by atoms with Crippen molar-refractivity contribution >= 4 is 6.03 Å². The monoisotopic (exact) mass is 531 g/mol. The minimum absolute atomic E-state index is 0.139. The second kappa shape index (κ2) is 10.8. The van der Waals surface area contributed by atoms with Crippen LogP contribution in [0.1, 0.15) is 46.6 Å². The maximum Gasteiger partial charge on any atom is 0.318 e. The lowest BCUT2D eigenvalue weighted by atomic mass is 9.99. The Labute approximate surface area is 234 Å². The molecule has 2 aromatic heterocycles. The molecule has 0 saturated carbocycles. The fraction of sp³-hybridized carbons (Fsp3) is 0.212. The first-order valence-corrected chi connectivity index (χ1v) is 13.6. The number of aromatic nitrogens is 3. The van der Waals surface area contributed by atoms with Gasteiger partial charge in [0.1, 0.15) is 11.6 Å². The molecule has 1 atom stereocenters. The number of amides is 2. The molecule has 0 radical (unpaired) electrons. The zero-order chi connectivity index (χ0) is 27.6. The van der Waals surface area contributed by atoms with Gasteiger partial charge in [0.05, 0.1) is 36.8 Å². The van der Waals surface area contributed by atoms with Crippen molar-refractivity contribution in [1.29, 1.82) is 0 Å². The van der Waals surface area contributed by atoms with Crippen LogP contribution in [0.2, 0.25) is 0 Å². The Balaban J connectivity index is 1.45. The number of urea groups is 1. The largest absolute Gasteiger partial charge is 0.497 e. The predicted octanol–water partition coefficient (Wildman–Crippen LogP) is 6.36. The Morgan fingerprint density at radius 3 is 2.52 bits per heavy atom. The number of ether oxygens (including phenoxy) is 1. The summed E-state index contributed by atoms with van der Waals surface area (Å²) in [6.45, 7) is 4.98. The standard InChI is InChI=1S/C33H33N5O2/c1-4-24-15-17-26(18-16-24)31-30-14-9-19-36(30)32-29(23(2)35-38(32)27-11-6-5-7-12-27)22-37(31)33(39)34-21-25-10-8-13-28(20-25)40-3/h5-20,31H,4,21-22H2,1-3H3,(H,34,39)/t31-/m0/s1. The number of para-hydroxylation sites is 1. The van der Waals surface area contributed by atoms with Gasteiger partial charge in [0.15, 0.2) is 0 Å². The summed E-state index contributed by atoms with van der Waals surface area (Å²) in [5, 5.41) is 8.11. The fourth-order valence-corrected chi connectivity index (χ4v) is 5.50. The zero-order valence-corrected chi connectivity index (χ0v) is 23.0. The van der Waals surface area contributed by atoms with E-state index < -0.39 is 0 Å². The van der Waals surface area contributed by atoms with Crippen LogP contribution in [0.4, 0.5) is 4.79 Å². The number of rotatable bonds is 6. The number of methoxy groups -OCH3 is 1. The molecule has 0 aliphatic carbocycles. The summed E-state index contributed by atoms with van der Waals surface area (Å²) in [5.74, 6) is 1.73. The normalized spacial score (nSPS) is 14.3. The molecule has 7 nitrogen and oxygen atoms in total. The van der Waals surface area contributed by atoms with Crippen LogP contribution in [0.3, 0.4) is 0 Å². The van der Waals surface area contributed by atoms with E-state index in [-0.39, 0.29) is 12.1 Å². The van der Waals surface area contributed by atoms with Crippen molar-refractivity contribution in [3.8, 4) is 17.3 Å². The Morgan fingerprint density at radius 1 is 0.975 bits per heavy atom. The molecule has 6 rings (SSSR count). The van der Waals surface area contributed by atoms with Crippen molar-refractivity contribution in [2.24, 2.45) is 0 Å². The molecule has 0 bridgehead atoms. The van der Waals surface area contributed by atoms with Gasteiger partial charge in [-0.2, -0.15) is 5.10 Å². The van der Waals surface area contributed by atoms with Crippen LogP contribution < -0.4 is 10.1 Å². The van der Waals surface area contributed by atoms with E-state index in [1.54, 1.807) is 7.11 Å². The van der Waals surface area contributed by atoms with Gasteiger partial charge in [-0.1, -0.05) is 61.5 Å². The van der Waals surface area contributed by atoms with E-state index in [9.17, 15) is 4.79 Å². The van der Waals surface area contributed by atoms with Gasteiger partial charge in [-0.15, -0.1) is 0 Å². The van der Waals surface area contributed by atoms with E-state index in [4.69, 9.17) is 9.84 Å². The molecule has 1 aliphatic rings. The van der Waals surface area contributed by atoms with E-state index in [1.165, 1.54) is 5.56 Å². The van der Waals surface area contributed by atoms with Crippen molar-refractivity contribution in [2.45, 2.75) is 39.4 Å². The van der Waals surface area contributed by atoms with Gasteiger partial charge >= 0.3 is 6.03 Å². The van der Waals surface area contributed by atoms with E-state index in [0.29, 0.717) is 13.1 Å². The quantitative estimate of drug-likeness (QED) is 0.277. The predicted molar refractivity (Wildman–Crippen MR) is 156 cm³/mol. The molecule has 0 fully saturated rings. The average molecular weight is 532 g/mol. The number of nitrogens with one attached hydrogen (secondary N) is 1. The summed E-state index contributed by atoms with van der Waals surface area (Å²) in [6, 6.07) is 30.3. The van der Waals surface area contributed by atoms with Crippen molar-refractivity contribution in [3.63, 3.8) is 0 Å². The van der Waals surface area contributed by atoms with Gasteiger partial charge in [-0.25, -0.2) is 9.48 Å². The average Bonchev–Trinajstić information content (AvgIpc) is 3.56. The highest BCUT2D eigenvalue weighted by Crippen LogP contribution is 2.38. The van der Waals surface area contributed by atoms with Crippen LogP contribution in [0.15, 0.2) is 97.2 Å². The Morgan fingerprint density at radius 2 is 1.77 bits per heavy atom. The third-order valence-electron chi connectivity index (χ3n) is 7.63. The third kappa shape index (κ3) is 4.64. The molecule has 0 saturated heterocycles.